The molecule has 1 heterocycles. The zero-order valence-corrected chi connectivity index (χ0v) is 13.2. The number of hydrogen-bond acceptors (Lipinski definition) is 4. The quantitative estimate of drug-likeness (QED) is 0.778. The van der Waals surface area contributed by atoms with E-state index in [2.05, 4.69) is 31.0 Å². The highest BCUT2D eigenvalue weighted by Gasteiger charge is 2.26. The van der Waals surface area contributed by atoms with Crippen LogP contribution in [0.1, 0.15) is 53.9 Å². The fraction of sp³-hybridized carbons (Fsp3) is 0.933. The second-order valence-corrected chi connectivity index (χ2v) is 6.79. The SMILES string of the molecule is CC(C)OC(=O)CN1CCCCC1CNC(C)(C)C. The predicted molar refractivity (Wildman–Crippen MR) is 78.2 cm³/mol. The number of carbonyl (C=O) groups is 1. The Morgan fingerprint density at radius 2 is 2.05 bits per heavy atom. The van der Waals surface area contributed by atoms with Gasteiger partial charge in [0.15, 0.2) is 0 Å². The summed E-state index contributed by atoms with van der Waals surface area (Å²) in [6.45, 7) is 12.7. The maximum absolute atomic E-state index is 11.8. The molecule has 1 saturated heterocycles. The fourth-order valence-corrected chi connectivity index (χ4v) is 2.39. The Bertz CT molecular complexity index is 284. The summed E-state index contributed by atoms with van der Waals surface area (Å²) in [6.07, 6.45) is 3.58. The molecular formula is C15H30N2O2. The Morgan fingerprint density at radius 1 is 1.37 bits per heavy atom. The van der Waals surface area contributed by atoms with Crippen LogP contribution in [-0.2, 0) is 9.53 Å². The first-order valence-electron chi connectivity index (χ1n) is 7.46. The standard InChI is InChI=1S/C15H30N2O2/c1-12(2)19-14(18)11-17-9-7-6-8-13(17)10-16-15(3,4)5/h12-13,16H,6-11H2,1-5H3. The predicted octanol–water partition coefficient (Wildman–Crippen LogP) is 2.18. The summed E-state index contributed by atoms with van der Waals surface area (Å²) in [5, 5.41) is 3.54. The lowest BCUT2D eigenvalue weighted by Crippen LogP contribution is -2.51. The Balaban J connectivity index is 2.45. The fourth-order valence-electron chi connectivity index (χ4n) is 2.39. The molecule has 0 amide bonds. The highest BCUT2D eigenvalue weighted by atomic mass is 16.5. The van der Waals surface area contributed by atoms with E-state index >= 15 is 0 Å². The molecule has 19 heavy (non-hydrogen) atoms. The molecule has 1 fully saturated rings. The molecule has 1 aliphatic rings. The minimum absolute atomic E-state index is 0.0246. The van der Waals surface area contributed by atoms with Crippen LogP contribution < -0.4 is 5.32 Å². The van der Waals surface area contributed by atoms with Crippen molar-refractivity contribution in [3.63, 3.8) is 0 Å². The molecule has 4 heteroatoms. The number of hydrogen-bond donors (Lipinski definition) is 1. The van der Waals surface area contributed by atoms with Gasteiger partial charge < -0.3 is 10.1 Å². The Labute approximate surface area is 117 Å². The van der Waals surface area contributed by atoms with Gasteiger partial charge in [0.1, 0.15) is 0 Å². The first-order valence-corrected chi connectivity index (χ1v) is 7.46. The van der Waals surface area contributed by atoms with Crippen molar-refractivity contribution in [3.8, 4) is 0 Å². The largest absolute Gasteiger partial charge is 0.462 e. The van der Waals surface area contributed by atoms with Gasteiger partial charge in [-0.1, -0.05) is 6.42 Å². The number of nitrogens with zero attached hydrogens (tertiary/aromatic N) is 1. The Hall–Kier alpha value is -0.610. The summed E-state index contributed by atoms with van der Waals surface area (Å²) in [5.41, 5.74) is 0.127. The van der Waals surface area contributed by atoms with Gasteiger partial charge in [-0.05, 0) is 54.0 Å². The Morgan fingerprint density at radius 3 is 2.63 bits per heavy atom. The van der Waals surface area contributed by atoms with E-state index in [9.17, 15) is 4.79 Å². The van der Waals surface area contributed by atoms with Gasteiger partial charge in [0.25, 0.3) is 0 Å². The van der Waals surface area contributed by atoms with Crippen LogP contribution in [0.5, 0.6) is 0 Å². The number of carbonyl (C=O) groups excluding carboxylic acids is 1. The third-order valence-corrected chi connectivity index (χ3v) is 3.32. The first kappa shape index (κ1) is 16.4. The molecule has 4 nitrogen and oxygen atoms in total. The van der Waals surface area contributed by atoms with E-state index in [1.165, 1.54) is 12.8 Å². The lowest BCUT2D eigenvalue weighted by Gasteiger charge is -2.37. The third-order valence-electron chi connectivity index (χ3n) is 3.32. The molecule has 112 valence electrons. The highest BCUT2D eigenvalue weighted by molar-refractivity contribution is 5.71. The molecule has 1 atom stereocenters. The van der Waals surface area contributed by atoms with Crippen LogP contribution in [0.15, 0.2) is 0 Å². The zero-order valence-electron chi connectivity index (χ0n) is 13.2. The van der Waals surface area contributed by atoms with Crippen molar-refractivity contribution in [2.24, 2.45) is 0 Å². The molecule has 0 bridgehead atoms. The van der Waals surface area contributed by atoms with Gasteiger partial charge in [0, 0.05) is 18.1 Å². The van der Waals surface area contributed by atoms with Crippen LogP contribution >= 0.6 is 0 Å². The molecule has 0 radical (unpaired) electrons. The van der Waals surface area contributed by atoms with Crippen LogP contribution in [0, 0.1) is 0 Å². The minimum Gasteiger partial charge on any atom is -0.462 e. The summed E-state index contributed by atoms with van der Waals surface area (Å²) in [4.78, 5) is 14.1. The molecular weight excluding hydrogens is 240 g/mol. The van der Waals surface area contributed by atoms with E-state index < -0.39 is 0 Å². The summed E-state index contributed by atoms with van der Waals surface area (Å²) in [7, 11) is 0. The average Bonchev–Trinajstić information content (AvgIpc) is 2.25. The first-order chi connectivity index (χ1) is 8.78. The van der Waals surface area contributed by atoms with Crippen molar-refractivity contribution >= 4 is 5.97 Å². The van der Waals surface area contributed by atoms with Crippen LogP contribution in [-0.4, -0.2) is 48.2 Å². The lowest BCUT2D eigenvalue weighted by atomic mass is 10.0. The third kappa shape index (κ3) is 6.92. The topological polar surface area (TPSA) is 41.6 Å². The van der Waals surface area contributed by atoms with Crippen molar-refractivity contribution in [2.45, 2.75) is 71.6 Å². The van der Waals surface area contributed by atoms with Crippen LogP contribution in [0.3, 0.4) is 0 Å². The van der Waals surface area contributed by atoms with E-state index in [1.807, 2.05) is 13.8 Å². The van der Waals surface area contributed by atoms with Crippen molar-refractivity contribution in [3.05, 3.63) is 0 Å². The van der Waals surface area contributed by atoms with Gasteiger partial charge >= 0.3 is 5.97 Å². The monoisotopic (exact) mass is 270 g/mol. The van der Waals surface area contributed by atoms with E-state index in [-0.39, 0.29) is 17.6 Å². The summed E-state index contributed by atoms with van der Waals surface area (Å²) in [5.74, 6) is -0.0994. The van der Waals surface area contributed by atoms with E-state index in [0.717, 1.165) is 19.5 Å². The van der Waals surface area contributed by atoms with Crippen molar-refractivity contribution in [1.29, 1.82) is 0 Å². The minimum atomic E-state index is -0.0994. The van der Waals surface area contributed by atoms with E-state index in [4.69, 9.17) is 4.74 Å². The van der Waals surface area contributed by atoms with Gasteiger partial charge in [-0.3, -0.25) is 9.69 Å². The van der Waals surface area contributed by atoms with Crippen LogP contribution in [0.2, 0.25) is 0 Å². The molecule has 0 aliphatic carbocycles. The molecule has 0 aromatic heterocycles. The second kappa shape index (κ2) is 7.25. The van der Waals surface area contributed by atoms with Gasteiger partial charge in [0.2, 0.25) is 0 Å². The van der Waals surface area contributed by atoms with E-state index in [0.29, 0.717) is 12.6 Å². The smallest absolute Gasteiger partial charge is 0.320 e. The molecule has 1 N–H and O–H groups in total. The number of piperidine rings is 1. The van der Waals surface area contributed by atoms with Crippen molar-refractivity contribution in [1.82, 2.24) is 10.2 Å². The normalized spacial score (nSPS) is 21.7. The zero-order chi connectivity index (χ0) is 14.5. The number of rotatable bonds is 5. The molecule has 0 aromatic carbocycles. The maximum atomic E-state index is 11.8. The number of likely N-dealkylation sites (tertiary alicyclic amines) is 1. The molecule has 0 spiro atoms. The average molecular weight is 270 g/mol. The van der Waals surface area contributed by atoms with Crippen LogP contribution in [0.4, 0.5) is 0 Å². The highest BCUT2D eigenvalue weighted by Crippen LogP contribution is 2.17. The van der Waals surface area contributed by atoms with Gasteiger partial charge in [-0.25, -0.2) is 0 Å². The molecule has 1 aliphatic heterocycles. The summed E-state index contributed by atoms with van der Waals surface area (Å²) in [6, 6.07) is 0.452. The number of esters is 1. The number of nitrogens with one attached hydrogen (secondary N) is 1. The van der Waals surface area contributed by atoms with Crippen molar-refractivity contribution in [2.75, 3.05) is 19.6 Å². The van der Waals surface area contributed by atoms with E-state index in [1.54, 1.807) is 0 Å². The van der Waals surface area contributed by atoms with Gasteiger partial charge in [0.05, 0.1) is 12.6 Å². The van der Waals surface area contributed by atoms with Crippen molar-refractivity contribution < 1.29 is 9.53 Å². The lowest BCUT2D eigenvalue weighted by molar-refractivity contribution is -0.149. The Kier molecular flexibility index (Phi) is 6.27. The molecule has 0 saturated carbocycles. The molecule has 1 rings (SSSR count). The molecule has 1 unspecified atom stereocenters. The van der Waals surface area contributed by atoms with Crippen LogP contribution in [0.25, 0.3) is 0 Å². The maximum Gasteiger partial charge on any atom is 0.320 e. The second-order valence-electron chi connectivity index (χ2n) is 6.79. The summed E-state index contributed by atoms with van der Waals surface area (Å²) >= 11 is 0. The molecule has 0 aromatic rings. The number of ether oxygens (including phenoxy) is 1. The van der Waals surface area contributed by atoms with Gasteiger partial charge in [-0.2, -0.15) is 0 Å². The van der Waals surface area contributed by atoms with Gasteiger partial charge in [-0.15, -0.1) is 0 Å². The summed E-state index contributed by atoms with van der Waals surface area (Å²) < 4.78 is 5.25.